The summed E-state index contributed by atoms with van der Waals surface area (Å²) in [5, 5.41) is 5.80. The van der Waals surface area contributed by atoms with E-state index in [-0.39, 0.29) is 5.91 Å². The summed E-state index contributed by atoms with van der Waals surface area (Å²) in [6, 6.07) is 6.16. The third kappa shape index (κ3) is 3.81. The van der Waals surface area contributed by atoms with Gasteiger partial charge < -0.3 is 21.3 Å². The van der Waals surface area contributed by atoms with Crippen LogP contribution in [-0.4, -0.2) is 59.3 Å². The molecule has 0 spiro atoms. The Morgan fingerprint density at radius 1 is 1.26 bits per heavy atom. The molecule has 164 valence electrons. The zero-order valence-corrected chi connectivity index (χ0v) is 18.9. The number of halogens is 1. The highest BCUT2D eigenvalue weighted by molar-refractivity contribution is 6.36. The number of hydrogen-bond donors (Lipinski definition) is 2. The molecule has 31 heavy (non-hydrogen) atoms. The van der Waals surface area contributed by atoms with Gasteiger partial charge in [-0.25, -0.2) is 4.98 Å². The number of carbonyl (C=O) groups is 1. The first-order chi connectivity index (χ1) is 14.7. The van der Waals surface area contributed by atoms with Crippen molar-refractivity contribution in [3.63, 3.8) is 0 Å². The number of pyridine rings is 1. The Morgan fingerprint density at radius 2 is 1.97 bits per heavy atom. The van der Waals surface area contributed by atoms with Crippen LogP contribution in [0.1, 0.15) is 12.8 Å². The summed E-state index contributed by atoms with van der Waals surface area (Å²) in [6.45, 7) is 1.94. The SMILES string of the molecule is CN(C)CC1(C(N)=O)CCN(c2c(-c3ccc4c(cnn4C)c3)cnc(N)c2Cl)CC1. The molecule has 2 aromatic heterocycles. The van der Waals surface area contributed by atoms with Crippen LogP contribution in [0.5, 0.6) is 0 Å². The molecule has 0 bridgehead atoms. The molecule has 0 radical (unpaired) electrons. The van der Waals surface area contributed by atoms with Gasteiger partial charge in [-0.15, -0.1) is 0 Å². The third-order valence-electron chi connectivity index (χ3n) is 6.26. The number of benzene rings is 1. The van der Waals surface area contributed by atoms with Gasteiger partial charge in [0.25, 0.3) is 0 Å². The van der Waals surface area contributed by atoms with E-state index in [1.807, 2.05) is 49.1 Å². The van der Waals surface area contributed by atoms with E-state index in [0.717, 1.165) is 27.7 Å². The van der Waals surface area contributed by atoms with Crippen molar-refractivity contribution in [1.29, 1.82) is 0 Å². The Bertz CT molecular complexity index is 1130. The lowest BCUT2D eigenvalue weighted by Gasteiger charge is -2.42. The van der Waals surface area contributed by atoms with Crippen molar-refractivity contribution < 1.29 is 4.79 Å². The predicted molar refractivity (Wildman–Crippen MR) is 125 cm³/mol. The van der Waals surface area contributed by atoms with Gasteiger partial charge >= 0.3 is 0 Å². The molecule has 1 amide bonds. The first kappa shape index (κ1) is 21.4. The zero-order chi connectivity index (χ0) is 22.3. The highest BCUT2D eigenvalue weighted by Gasteiger charge is 2.41. The van der Waals surface area contributed by atoms with Crippen LogP contribution in [0.3, 0.4) is 0 Å². The largest absolute Gasteiger partial charge is 0.382 e. The number of primary amides is 1. The molecule has 4 rings (SSSR count). The number of nitrogen functional groups attached to an aromatic ring is 1. The van der Waals surface area contributed by atoms with E-state index in [1.165, 1.54) is 0 Å². The number of piperidine rings is 1. The van der Waals surface area contributed by atoms with Crippen molar-refractivity contribution in [2.24, 2.45) is 18.2 Å². The molecule has 8 nitrogen and oxygen atoms in total. The van der Waals surface area contributed by atoms with Crippen LogP contribution in [0.4, 0.5) is 11.5 Å². The molecular formula is C22H28ClN7O. The zero-order valence-electron chi connectivity index (χ0n) is 18.1. The maximum atomic E-state index is 12.3. The fourth-order valence-corrected chi connectivity index (χ4v) is 4.86. The summed E-state index contributed by atoms with van der Waals surface area (Å²) < 4.78 is 1.84. The number of anilines is 2. The monoisotopic (exact) mass is 441 g/mol. The van der Waals surface area contributed by atoms with Crippen LogP contribution in [-0.2, 0) is 11.8 Å². The van der Waals surface area contributed by atoms with Gasteiger partial charge in [-0.1, -0.05) is 17.7 Å². The van der Waals surface area contributed by atoms with E-state index in [4.69, 9.17) is 23.1 Å². The number of carbonyl (C=O) groups excluding carboxylic acids is 1. The fraction of sp³-hybridized carbons (Fsp3) is 0.409. The predicted octanol–water partition coefficient (Wildman–Crippen LogP) is 2.50. The van der Waals surface area contributed by atoms with Gasteiger partial charge in [-0.2, -0.15) is 5.10 Å². The maximum Gasteiger partial charge on any atom is 0.225 e. The molecule has 3 heterocycles. The molecule has 1 aliphatic heterocycles. The van der Waals surface area contributed by atoms with Gasteiger partial charge in [0.15, 0.2) is 0 Å². The van der Waals surface area contributed by atoms with Gasteiger partial charge in [0.2, 0.25) is 5.91 Å². The van der Waals surface area contributed by atoms with Gasteiger partial charge in [-0.05, 0) is 44.6 Å². The molecule has 9 heteroatoms. The molecule has 1 fully saturated rings. The van der Waals surface area contributed by atoms with Crippen LogP contribution < -0.4 is 16.4 Å². The smallest absolute Gasteiger partial charge is 0.225 e. The van der Waals surface area contributed by atoms with Gasteiger partial charge in [0.05, 0.1) is 22.8 Å². The summed E-state index contributed by atoms with van der Waals surface area (Å²) in [7, 11) is 5.84. The quantitative estimate of drug-likeness (QED) is 0.630. The Labute approximate surface area is 186 Å². The van der Waals surface area contributed by atoms with Crippen LogP contribution in [0.15, 0.2) is 30.6 Å². The minimum Gasteiger partial charge on any atom is -0.382 e. The maximum absolute atomic E-state index is 12.3. The molecule has 3 aromatic rings. The van der Waals surface area contributed by atoms with Gasteiger partial charge in [0, 0.05) is 43.8 Å². The molecular weight excluding hydrogens is 414 g/mol. The summed E-state index contributed by atoms with van der Waals surface area (Å²) >= 11 is 6.68. The lowest BCUT2D eigenvalue weighted by atomic mass is 9.77. The van der Waals surface area contributed by atoms with Gasteiger partial charge in [-0.3, -0.25) is 9.48 Å². The Hall–Kier alpha value is -2.84. The average Bonchev–Trinajstić information content (AvgIpc) is 3.10. The summed E-state index contributed by atoms with van der Waals surface area (Å²) in [6.07, 6.45) is 4.92. The van der Waals surface area contributed by atoms with Crippen molar-refractivity contribution >= 4 is 39.9 Å². The molecule has 0 unspecified atom stereocenters. The summed E-state index contributed by atoms with van der Waals surface area (Å²) in [5.74, 6) is 0.0475. The molecule has 1 aliphatic rings. The van der Waals surface area contributed by atoms with E-state index < -0.39 is 5.41 Å². The van der Waals surface area contributed by atoms with E-state index in [2.05, 4.69) is 21.0 Å². The minimum absolute atomic E-state index is 0.247. The Kier molecular flexibility index (Phi) is 5.53. The average molecular weight is 442 g/mol. The first-order valence-corrected chi connectivity index (χ1v) is 10.7. The van der Waals surface area contributed by atoms with E-state index in [9.17, 15) is 4.79 Å². The topological polar surface area (TPSA) is 106 Å². The van der Waals surface area contributed by atoms with Crippen LogP contribution in [0, 0.1) is 5.41 Å². The highest BCUT2D eigenvalue weighted by atomic mass is 35.5. The number of rotatable bonds is 5. The second-order valence-corrected chi connectivity index (χ2v) is 9.01. The number of nitrogens with two attached hydrogens (primary N) is 2. The molecule has 1 saturated heterocycles. The molecule has 0 atom stereocenters. The number of amides is 1. The lowest BCUT2D eigenvalue weighted by molar-refractivity contribution is -0.129. The number of hydrogen-bond acceptors (Lipinski definition) is 6. The fourth-order valence-electron chi connectivity index (χ4n) is 4.59. The Morgan fingerprint density at radius 3 is 2.61 bits per heavy atom. The minimum atomic E-state index is -0.542. The standard InChI is InChI=1S/C22H28ClN7O/c1-28(2)13-22(21(25)31)6-8-30(9-7-22)19-16(12-26-20(24)18(19)23)14-4-5-17-15(10-14)11-27-29(17)3/h4-5,10-12H,6-9,13H2,1-3H3,(H2,24,26)(H2,25,31). The lowest BCUT2D eigenvalue weighted by Crippen LogP contribution is -2.52. The number of aryl methyl sites for hydroxylation is 1. The summed E-state index contributed by atoms with van der Waals surface area (Å²) in [5.41, 5.74) is 15.1. The number of nitrogens with zero attached hydrogens (tertiary/aromatic N) is 5. The first-order valence-electron chi connectivity index (χ1n) is 10.3. The van der Waals surface area contributed by atoms with Crippen molar-refractivity contribution in [2.45, 2.75) is 12.8 Å². The normalized spacial score (nSPS) is 16.2. The van der Waals surface area contributed by atoms with Crippen molar-refractivity contribution in [3.05, 3.63) is 35.6 Å². The van der Waals surface area contributed by atoms with Gasteiger partial charge in [0.1, 0.15) is 10.8 Å². The molecule has 1 aromatic carbocycles. The molecule has 0 saturated carbocycles. The van der Waals surface area contributed by atoms with Crippen molar-refractivity contribution in [1.82, 2.24) is 19.7 Å². The van der Waals surface area contributed by atoms with E-state index in [0.29, 0.717) is 43.3 Å². The highest BCUT2D eigenvalue weighted by Crippen LogP contribution is 2.43. The van der Waals surface area contributed by atoms with Crippen LogP contribution >= 0.6 is 11.6 Å². The molecule has 0 aliphatic carbocycles. The van der Waals surface area contributed by atoms with Crippen molar-refractivity contribution in [2.75, 3.05) is 44.4 Å². The number of fused-ring (bicyclic) bond motifs is 1. The number of aromatic nitrogens is 3. The van der Waals surface area contributed by atoms with Crippen LogP contribution in [0.25, 0.3) is 22.0 Å². The molecule has 4 N–H and O–H groups in total. The second-order valence-electron chi connectivity index (χ2n) is 8.63. The third-order valence-corrected chi connectivity index (χ3v) is 6.63. The Balaban J connectivity index is 1.72. The second kappa shape index (κ2) is 8.01. The van der Waals surface area contributed by atoms with E-state index in [1.54, 1.807) is 6.20 Å². The van der Waals surface area contributed by atoms with Crippen LogP contribution in [0.2, 0.25) is 5.02 Å². The van der Waals surface area contributed by atoms with Crippen molar-refractivity contribution in [3.8, 4) is 11.1 Å². The summed E-state index contributed by atoms with van der Waals surface area (Å²) in [4.78, 5) is 20.8. The van der Waals surface area contributed by atoms with E-state index >= 15 is 0 Å².